The van der Waals surface area contributed by atoms with Crippen LogP contribution in [0.25, 0.3) is 0 Å². The molecule has 1 unspecified atom stereocenters. The number of aliphatic hydroxyl groups is 1. The summed E-state index contributed by atoms with van der Waals surface area (Å²) in [5.74, 6) is 0.557. The topological polar surface area (TPSA) is 72.8 Å². The van der Waals surface area contributed by atoms with Crippen LogP contribution in [0.3, 0.4) is 0 Å². The minimum absolute atomic E-state index is 0.0595. The zero-order chi connectivity index (χ0) is 25.4. The SMILES string of the molecule is C[C@@H]1C[C@@H](F)c2ncnc(N3CCN(C(=O)C(CN4CCC(O)CC4)c4ccc(Cl)c(Cl)c4)CC3)c21. The number of hydrogen-bond donors (Lipinski definition) is 1. The molecule has 5 rings (SSSR count). The molecule has 7 nitrogen and oxygen atoms in total. The van der Waals surface area contributed by atoms with E-state index >= 15 is 0 Å². The number of likely N-dealkylation sites (tertiary alicyclic amines) is 1. The monoisotopic (exact) mass is 535 g/mol. The second-order valence-electron chi connectivity index (χ2n) is 10.2. The van der Waals surface area contributed by atoms with Crippen molar-refractivity contribution >= 4 is 34.9 Å². The standard InChI is InChI=1S/C26H32Cl2FN5O2/c1-16-12-22(29)24-23(16)25(31-15-30-24)33-8-10-34(11-9-33)26(36)19(14-32-6-4-18(35)5-7-32)17-2-3-20(27)21(28)13-17/h2-3,13,15-16,18-19,22,35H,4-12,14H2,1H3/t16-,19?,22-/m1/s1. The van der Waals surface area contributed by atoms with Gasteiger partial charge in [-0.05, 0) is 42.9 Å². The number of carbonyl (C=O) groups is 1. The number of nitrogens with zero attached hydrogens (tertiary/aromatic N) is 5. The molecule has 3 aliphatic rings. The van der Waals surface area contributed by atoms with Gasteiger partial charge in [-0.15, -0.1) is 0 Å². The van der Waals surface area contributed by atoms with Gasteiger partial charge in [0.1, 0.15) is 18.3 Å². The molecular weight excluding hydrogens is 504 g/mol. The lowest BCUT2D eigenvalue weighted by atomic mass is 9.95. The number of piperidine rings is 1. The average Bonchev–Trinajstić information content (AvgIpc) is 3.18. The molecule has 1 aliphatic carbocycles. The van der Waals surface area contributed by atoms with Crippen molar-refractivity contribution in [2.75, 3.05) is 50.7 Å². The number of halogens is 3. The maximum atomic E-state index is 14.4. The Bertz CT molecular complexity index is 1110. The van der Waals surface area contributed by atoms with Gasteiger partial charge in [-0.2, -0.15) is 0 Å². The summed E-state index contributed by atoms with van der Waals surface area (Å²) < 4.78 is 14.4. The number of benzene rings is 1. The van der Waals surface area contributed by atoms with Crippen molar-refractivity contribution in [2.24, 2.45) is 0 Å². The van der Waals surface area contributed by atoms with Gasteiger partial charge in [0.25, 0.3) is 0 Å². The quantitative estimate of drug-likeness (QED) is 0.618. The number of aromatic nitrogens is 2. The number of carbonyl (C=O) groups excluding carboxylic acids is 1. The van der Waals surface area contributed by atoms with Crippen molar-refractivity contribution in [2.45, 2.75) is 50.3 Å². The number of piperazine rings is 1. The van der Waals surface area contributed by atoms with Crippen LogP contribution in [0.1, 0.15) is 61.0 Å². The first kappa shape index (κ1) is 25.6. The molecule has 0 spiro atoms. The minimum atomic E-state index is -1.04. The summed E-state index contributed by atoms with van der Waals surface area (Å²) in [4.78, 5) is 28.8. The van der Waals surface area contributed by atoms with Crippen LogP contribution in [0.5, 0.6) is 0 Å². The molecule has 1 aromatic heterocycles. The summed E-state index contributed by atoms with van der Waals surface area (Å²) in [6.45, 7) is 6.47. The van der Waals surface area contributed by atoms with Gasteiger partial charge < -0.3 is 19.8 Å². The Kier molecular flexibility index (Phi) is 7.67. The van der Waals surface area contributed by atoms with Crippen LogP contribution in [0.15, 0.2) is 24.5 Å². The predicted octanol–water partition coefficient (Wildman–Crippen LogP) is 4.19. The molecule has 0 radical (unpaired) electrons. The van der Waals surface area contributed by atoms with E-state index in [9.17, 15) is 14.3 Å². The minimum Gasteiger partial charge on any atom is -0.393 e. The zero-order valence-electron chi connectivity index (χ0n) is 20.4. The van der Waals surface area contributed by atoms with Crippen LogP contribution in [-0.2, 0) is 4.79 Å². The van der Waals surface area contributed by atoms with Crippen LogP contribution >= 0.6 is 23.2 Å². The molecule has 194 valence electrons. The first-order valence-corrected chi connectivity index (χ1v) is 13.5. The molecule has 0 saturated carbocycles. The smallest absolute Gasteiger partial charge is 0.231 e. The number of rotatable bonds is 5. The lowest BCUT2D eigenvalue weighted by Gasteiger charge is -2.39. The van der Waals surface area contributed by atoms with E-state index in [2.05, 4.69) is 19.8 Å². The molecule has 2 fully saturated rings. The molecule has 1 N–H and O–H groups in total. The van der Waals surface area contributed by atoms with Crippen LogP contribution in [-0.4, -0.2) is 82.7 Å². The zero-order valence-corrected chi connectivity index (χ0v) is 21.9. The van der Waals surface area contributed by atoms with E-state index in [0.29, 0.717) is 67.7 Å². The van der Waals surface area contributed by atoms with Gasteiger partial charge in [-0.1, -0.05) is 36.2 Å². The molecule has 2 saturated heterocycles. The summed E-state index contributed by atoms with van der Waals surface area (Å²) in [6, 6.07) is 5.41. The van der Waals surface area contributed by atoms with Crippen molar-refractivity contribution in [3.8, 4) is 0 Å². The van der Waals surface area contributed by atoms with E-state index in [1.165, 1.54) is 6.33 Å². The first-order chi connectivity index (χ1) is 17.3. The normalized spacial score (nSPS) is 24.1. The van der Waals surface area contributed by atoms with Crippen LogP contribution in [0.4, 0.5) is 10.2 Å². The van der Waals surface area contributed by atoms with Crippen LogP contribution < -0.4 is 4.90 Å². The van der Waals surface area contributed by atoms with Gasteiger partial charge >= 0.3 is 0 Å². The van der Waals surface area contributed by atoms with Crippen molar-refractivity contribution in [3.63, 3.8) is 0 Å². The highest BCUT2D eigenvalue weighted by molar-refractivity contribution is 6.42. The Morgan fingerprint density at radius 2 is 1.83 bits per heavy atom. The molecule has 1 aromatic carbocycles. The van der Waals surface area contributed by atoms with Crippen molar-refractivity contribution in [3.05, 3.63) is 51.4 Å². The molecule has 1 amide bonds. The summed E-state index contributed by atoms with van der Waals surface area (Å²) in [5.41, 5.74) is 2.27. The molecule has 36 heavy (non-hydrogen) atoms. The Hall–Kier alpha value is -2.00. The van der Waals surface area contributed by atoms with E-state index in [-0.39, 0.29) is 23.8 Å². The molecule has 3 heterocycles. The third-order valence-electron chi connectivity index (χ3n) is 7.78. The highest BCUT2D eigenvalue weighted by Gasteiger charge is 2.36. The van der Waals surface area contributed by atoms with Crippen molar-refractivity contribution in [1.82, 2.24) is 19.8 Å². The summed E-state index contributed by atoms with van der Waals surface area (Å²) in [6.07, 6.45) is 2.00. The summed E-state index contributed by atoms with van der Waals surface area (Å²) >= 11 is 12.5. The van der Waals surface area contributed by atoms with Gasteiger partial charge in [-0.3, -0.25) is 4.79 Å². The molecular formula is C26H32Cl2FN5O2. The number of fused-ring (bicyclic) bond motifs is 1. The second kappa shape index (κ2) is 10.8. The number of hydrogen-bond acceptors (Lipinski definition) is 6. The van der Waals surface area contributed by atoms with E-state index < -0.39 is 6.17 Å². The largest absolute Gasteiger partial charge is 0.393 e. The highest BCUT2D eigenvalue weighted by atomic mass is 35.5. The average molecular weight is 536 g/mol. The van der Waals surface area contributed by atoms with Crippen LogP contribution in [0.2, 0.25) is 10.0 Å². The Labute approximate surface area is 221 Å². The first-order valence-electron chi connectivity index (χ1n) is 12.7. The third-order valence-corrected chi connectivity index (χ3v) is 8.52. The highest BCUT2D eigenvalue weighted by Crippen LogP contribution is 2.44. The Morgan fingerprint density at radius 1 is 1.11 bits per heavy atom. The maximum Gasteiger partial charge on any atom is 0.231 e. The predicted molar refractivity (Wildman–Crippen MR) is 139 cm³/mol. The number of alkyl halides is 1. The number of amides is 1. The molecule has 3 atom stereocenters. The van der Waals surface area contributed by atoms with E-state index in [1.807, 2.05) is 17.9 Å². The lowest BCUT2D eigenvalue weighted by Crippen LogP contribution is -2.52. The molecule has 2 aromatic rings. The van der Waals surface area contributed by atoms with Crippen molar-refractivity contribution < 1.29 is 14.3 Å². The fourth-order valence-corrected chi connectivity index (χ4v) is 5.99. The van der Waals surface area contributed by atoms with E-state index in [0.717, 1.165) is 30.0 Å². The maximum absolute atomic E-state index is 14.4. The number of anilines is 1. The molecule has 0 bridgehead atoms. The van der Waals surface area contributed by atoms with E-state index in [4.69, 9.17) is 23.2 Å². The van der Waals surface area contributed by atoms with Gasteiger partial charge in [-0.25, -0.2) is 14.4 Å². The van der Waals surface area contributed by atoms with Crippen molar-refractivity contribution in [1.29, 1.82) is 0 Å². The summed E-state index contributed by atoms with van der Waals surface area (Å²) in [7, 11) is 0. The summed E-state index contributed by atoms with van der Waals surface area (Å²) in [5, 5.41) is 10.8. The fraction of sp³-hybridized carbons (Fsp3) is 0.577. The van der Waals surface area contributed by atoms with Gasteiger partial charge in [0, 0.05) is 51.4 Å². The number of aliphatic hydroxyl groups excluding tert-OH is 1. The fourth-order valence-electron chi connectivity index (χ4n) is 5.69. The third kappa shape index (κ3) is 5.19. The Balaban J connectivity index is 1.31. The second-order valence-corrected chi connectivity index (χ2v) is 11.0. The molecule has 2 aliphatic heterocycles. The molecule has 10 heteroatoms. The lowest BCUT2D eigenvalue weighted by molar-refractivity contribution is -0.133. The van der Waals surface area contributed by atoms with Gasteiger partial charge in [0.2, 0.25) is 5.91 Å². The van der Waals surface area contributed by atoms with E-state index in [1.54, 1.807) is 12.1 Å². The van der Waals surface area contributed by atoms with Gasteiger partial charge in [0.15, 0.2) is 0 Å². The van der Waals surface area contributed by atoms with Crippen LogP contribution in [0, 0.1) is 0 Å². The Morgan fingerprint density at radius 3 is 2.53 bits per heavy atom. The van der Waals surface area contributed by atoms with Gasteiger partial charge in [0.05, 0.1) is 27.8 Å².